The minimum atomic E-state index is -0.0845. The SMILES string of the molecule is CCN1CCN(c2ncc(C(=O)NCCC3=CCCCC3)cn2)CC1. The summed E-state index contributed by atoms with van der Waals surface area (Å²) in [4.78, 5) is 25.6. The Morgan fingerprint density at radius 1 is 1.16 bits per heavy atom. The van der Waals surface area contributed by atoms with Crippen LogP contribution in [-0.4, -0.2) is 60.0 Å². The van der Waals surface area contributed by atoms with Crippen molar-refractivity contribution in [1.29, 1.82) is 0 Å². The molecule has 6 nitrogen and oxygen atoms in total. The second-order valence-electron chi connectivity index (χ2n) is 6.81. The molecule has 1 aromatic rings. The van der Waals surface area contributed by atoms with E-state index in [9.17, 15) is 4.79 Å². The van der Waals surface area contributed by atoms with Crippen molar-refractivity contribution in [1.82, 2.24) is 20.2 Å². The maximum absolute atomic E-state index is 12.2. The molecule has 1 fully saturated rings. The lowest BCUT2D eigenvalue weighted by atomic mass is 9.97. The highest BCUT2D eigenvalue weighted by molar-refractivity contribution is 5.93. The summed E-state index contributed by atoms with van der Waals surface area (Å²) < 4.78 is 0. The Balaban J connectivity index is 1.46. The quantitative estimate of drug-likeness (QED) is 0.803. The van der Waals surface area contributed by atoms with Gasteiger partial charge < -0.3 is 15.1 Å². The van der Waals surface area contributed by atoms with Crippen molar-refractivity contribution in [3.8, 4) is 0 Å². The molecule has 0 atom stereocenters. The number of aromatic nitrogens is 2. The maximum atomic E-state index is 12.2. The van der Waals surface area contributed by atoms with Crippen molar-refractivity contribution in [3.63, 3.8) is 0 Å². The molecule has 2 heterocycles. The number of amides is 1. The number of rotatable bonds is 6. The van der Waals surface area contributed by atoms with E-state index in [0.29, 0.717) is 12.1 Å². The zero-order chi connectivity index (χ0) is 17.5. The number of hydrogen-bond acceptors (Lipinski definition) is 5. The molecule has 1 amide bonds. The zero-order valence-corrected chi connectivity index (χ0v) is 15.2. The Hall–Kier alpha value is -1.95. The van der Waals surface area contributed by atoms with Crippen LogP contribution in [0.1, 0.15) is 49.4 Å². The van der Waals surface area contributed by atoms with Crippen LogP contribution in [0.5, 0.6) is 0 Å². The molecule has 0 bridgehead atoms. The van der Waals surface area contributed by atoms with Gasteiger partial charge in [0.05, 0.1) is 5.56 Å². The highest BCUT2D eigenvalue weighted by atomic mass is 16.1. The van der Waals surface area contributed by atoms with E-state index in [2.05, 4.69) is 38.1 Å². The summed E-state index contributed by atoms with van der Waals surface area (Å²) in [6.07, 6.45) is 11.5. The summed E-state index contributed by atoms with van der Waals surface area (Å²) in [5.74, 6) is 0.637. The number of carbonyl (C=O) groups is 1. The lowest BCUT2D eigenvalue weighted by Gasteiger charge is -2.33. The first-order chi connectivity index (χ1) is 12.3. The van der Waals surface area contributed by atoms with Crippen LogP contribution in [0.4, 0.5) is 5.95 Å². The molecular formula is C19H29N5O. The maximum Gasteiger partial charge on any atom is 0.254 e. The van der Waals surface area contributed by atoms with Crippen LogP contribution in [0.15, 0.2) is 24.0 Å². The van der Waals surface area contributed by atoms with Gasteiger partial charge in [0, 0.05) is 45.1 Å². The first-order valence-corrected chi connectivity index (χ1v) is 9.51. The molecule has 1 aliphatic heterocycles. The van der Waals surface area contributed by atoms with Crippen LogP contribution in [-0.2, 0) is 0 Å². The largest absolute Gasteiger partial charge is 0.352 e. The average molecular weight is 343 g/mol. The van der Waals surface area contributed by atoms with Crippen molar-refractivity contribution in [2.24, 2.45) is 0 Å². The van der Waals surface area contributed by atoms with E-state index < -0.39 is 0 Å². The number of nitrogens with zero attached hydrogens (tertiary/aromatic N) is 4. The van der Waals surface area contributed by atoms with Crippen LogP contribution in [0.3, 0.4) is 0 Å². The second-order valence-corrected chi connectivity index (χ2v) is 6.81. The highest BCUT2D eigenvalue weighted by Gasteiger charge is 2.18. The molecule has 2 aliphatic rings. The first kappa shape index (κ1) is 17.9. The predicted molar refractivity (Wildman–Crippen MR) is 99.9 cm³/mol. The number of hydrogen-bond donors (Lipinski definition) is 1. The molecule has 0 spiro atoms. The topological polar surface area (TPSA) is 61.4 Å². The van der Waals surface area contributed by atoms with Crippen molar-refractivity contribution in [2.45, 2.75) is 39.0 Å². The van der Waals surface area contributed by atoms with Crippen molar-refractivity contribution in [3.05, 3.63) is 29.6 Å². The molecule has 1 aliphatic carbocycles. The van der Waals surface area contributed by atoms with Crippen molar-refractivity contribution in [2.75, 3.05) is 44.2 Å². The summed E-state index contributed by atoms with van der Waals surface area (Å²) in [6, 6.07) is 0. The van der Waals surface area contributed by atoms with Gasteiger partial charge in [0.15, 0.2) is 0 Å². The molecule has 0 unspecified atom stereocenters. The van der Waals surface area contributed by atoms with E-state index in [1.165, 1.54) is 31.3 Å². The third-order valence-corrected chi connectivity index (χ3v) is 5.12. The molecule has 1 aromatic heterocycles. The van der Waals surface area contributed by atoms with Crippen LogP contribution >= 0.6 is 0 Å². The van der Waals surface area contributed by atoms with E-state index in [-0.39, 0.29) is 5.91 Å². The average Bonchev–Trinajstić information content (AvgIpc) is 2.69. The lowest BCUT2D eigenvalue weighted by Crippen LogP contribution is -2.46. The Morgan fingerprint density at radius 2 is 1.92 bits per heavy atom. The molecule has 1 N–H and O–H groups in total. The Labute approximate surface area is 150 Å². The molecule has 25 heavy (non-hydrogen) atoms. The molecule has 1 saturated heterocycles. The van der Waals surface area contributed by atoms with Gasteiger partial charge in [-0.3, -0.25) is 4.79 Å². The second kappa shape index (κ2) is 8.94. The summed E-state index contributed by atoms with van der Waals surface area (Å²) in [7, 11) is 0. The van der Waals surface area contributed by atoms with Gasteiger partial charge in [0.2, 0.25) is 5.95 Å². The monoisotopic (exact) mass is 343 g/mol. The van der Waals surface area contributed by atoms with Crippen LogP contribution in [0.2, 0.25) is 0 Å². The van der Waals surface area contributed by atoms with Gasteiger partial charge in [-0.1, -0.05) is 18.6 Å². The van der Waals surface area contributed by atoms with Gasteiger partial charge >= 0.3 is 0 Å². The summed E-state index contributed by atoms with van der Waals surface area (Å²) in [5, 5.41) is 2.98. The first-order valence-electron chi connectivity index (χ1n) is 9.51. The van der Waals surface area contributed by atoms with Crippen LogP contribution < -0.4 is 10.2 Å². The standard InChI is InChI=1S/C19H29N5O/c1-2-23-10-12-24(13-11-23)19-21-14-17(15-22-19)18(25)20-9-8-16-6-4-3-5-7-16/h6,14-15H,2-5,7-13H2,1H3,(H,20,25). The number of likely N-dealkylation sites (N-methyl/N-ethyl adjacent to an activating group) is 1. The van der Waals surface area contributed by atoms with Gasteiger partial charge in [0.25, 0.3) is 5.91 Å². The third kappa shape index (κ3) is 5.01. The molecular weight excluding hydrogens is 314 g/mol. The van der Waals surface area contributed by atoms with Gasteiger partial charge in [-0.15, -0.1) is 0 Å². The fourth-order valence-electron chi connectivity index (χ4n) is 3.44. The van der Waals surface area contributed by atoms with Crippen LogP contribution in [0, 0.1) is 0 Å². The van der Waals surface area contributed by atoms with Gasteiger partial charge in [0.1, 0.15) is 0 Å². The van der Waals surface area contributed by atoms with Crippen LogP contribution in [0.25, 0.3) is 0 Å². The van der Waals surface area contributed by atoms with E-state index >= 15 is 0 Å². The highest BCUT2D eigenvalue weighted by Crippen LogP contribution is 2.19. The number of carbonyl (C=O) groups excluding carboxylic acids is 1. The fourth-order valence-corrected chi connectivity index (χ4v) is 3.44. The smallest absolute Gasteiger partial charge is 0.254 e. The molecule has 0 radical (unpaired) electrons. The molecule has 6 heteroatoms. The summed E-state index contributed by atoms with van der Waals surface area (Å²) in [5.41, 5.74) is 2.01. The molecule has 136 valence electrons. The van der Waals surface area contributed by atoms with E-state index in [1.807, 2.05) is 0 Å². The zero-order valence-electron chi connectivity index (χ0n) is 15.2. The molecule has 0 aromatic carbocycles. The summed E-state index contributed by atoms with van der Waals surface area (Å²) in [6.45, 7) is 7.92. The van der Waals surface area contributed by atoms with Gasteiger partial charge in [-0.2, -0.15) is 0 Å². The minimum Gasteiger partial charge on any atom is -0.352 e. The number of allylic oxidation sites excluding steroid dienone is 1. The molecule has 0 saturated carbocycles. The molecule has 3 rings (SSSR count). The number of anilines is 1. The van der Waals surface area contributed by atoms with E-state index in [0.717, 1.165) is 45.1 Å². The third-order valence-electron chi connectivity index (χ3n) is 5.12. The number of nitrogens with one attached hydrogen (secondary N) is 1. The lowest BCUT2D eigenvalue weighted by molar-refractivity contribution is 0.0953. The van der Waals surface area contributed by atoms with E-state index in [4.69, 9.17) is 0 Å². The minimum absolute atomic E-state index is 0.0845. The van der Waals surface area contributed by atoms with Gasteiger partial charge in [-0.05, 0) is 38.6 Å². The summed E-state index contributed by atoms with van der Waals surface area (Å²) >= 11 is 0. The Bertz CT molecular complexity index is 590. The normalized spacial score (nSPS) is 18.8. The van der Waals surface area contributed by atoms with Crippen molar-refractivity contribution >= 4 is 11.9 Å². The van der Waals surface area contributed by atoms with E-state index in [1.54, 1.807) is 12.4 Å². The van der Waals surface area contributed by atoms with Gasteiger partial charge in [-0.25, -0.2) is 9.97 Å². The Morgan fingerprint density at radius 3 is 2.56 bits per heavy atom. The predicted octanol–water partition coefficient (Wildman–Crippen LogP) is 2.24. The number of piperazine rings is 1. The fraction of sp³-hybridized carbons (Fsp3) is 0.632. The Kier molecular flexibility index (Phi) is 6.39. The van der Waals surface area contributed by atoms with Crippen molar-refractivity contribution < 1.29 is 4.79 Å².